The molecule has 1 aliphatic heterocycles. The molecule has 1 aliphatic rings. The van der Waals surface area contributed by atoms with Gasteiger partial charge in [-0.1, -0.05) is 26.0 Å². The first-order valence-electron chi connectivity index (χ1n) is 8.86. The SMILES string of the molecule is CC(C)c1ccc(NC(=O)N2CCC(NS(=O)(=O)C(C)C)CC2)cc1. The van der Waals surface area contributed by atoms with Crippen LogP contribution < -0.4 is 10.0 Å². The highest BCUT2D eigenvalue weighted by Crippen LogP contribution is 2.18. The number of rotatable bonds is 5. The third-order valence-electron chi connectivity index (χ3n) is 4.56. The van der Waals surface area contributed by atoms with Crippen LogP contribution in [-0.4, -0.2) is 43.7 Å². The van der Waals surface area contributed by atoms with Crippen molar-refractivity contribution in [1.29, 1.82) is 0 Å². The van der Waals surface area contributed by atoms with Crippen molar-refractivity contribution in [3.63, 3.8) is 0 Å². The molecule has 0 spiro atoms. The Bertz CT molecular complexity index is 676. The molecular formula is C18H29N3O3S. The van der Waals surface area contributed by atoms with Crippen molar-refractivity contribution in [1.82, 2.24) is 9.62 Å². The maximum atomic E-state index is 12.4. The van der Waals surface area contributed by atoms with Gasteiger partial charge in [-0.15, -0.1) is 0 Å². The van der Waals surface area contributed by atoms with Gasteiger partial charge in [-0.05, 0) is 50.3 Å². The molecule has 2 N–H and O–H groups in total. The molecule has 6 nitrogen and oxygen atoms in total. The fourth-order valence-corrected chi connectivity index (χ4v) is 3.70. The van der Waals surface area contributed by atoms with Crippen molar-refractivity contribution in [3.05, 3.63) is 29.8 Å². The quantitative estimate of drug-likeness (QED) is 0.839. The molecule has 0 aromatic heterocycles. The highest BCUT2D eigenvalue weighted by Gasteiger charge is 2.27. The normalized spacial score (nSPS) is 16.5. The summed E-state index contributed by atoms with van der Waals surface area (Å²) >= 11 is 0. The van der Waals surface area contributed by atoms with Gasteiger partial charge in [-0.3, -0.25) is 0 Å². The Balaban J connectivity index is 1.85. The van der Waals surface area contributed by atoms with Crippen LogP contribution in [0.25, 0.3) is 0 Å². The van der Waals surface area contributed by atoms with Crippen LogP contribution in [0.2, 0.25) is 0 Å². The molecule has 0 aliphatic carbocycles. The highest BCUT2D eigenvalue weighted by atomic mass is 32.2. The summed E-state index contributed by atoms with van der Waals surface area (Å²) in [6.45, 7) is 8.67. The number of nitrogens with one attached hydrogen (secondary N) is 2. The lowest BCUT2D eigenvalue weighted by molar-refractivity contribution is 0.193. The van der Waals surface area contributed by atoms with Crippen LogP contribution in [0.5, 0.6) is 0 Å². The summed E-state index contributed by atoms with van der Waals surface area (Å²) < 4.78 is 26.6. The van der Waals surface area contributed by atoms with Crippen molar-refractivity contribution in [2.75, 3.05) is 18.4 Å². The molecule has 1 aromatic rings. The third kappa shape index (κ3) is 5.44. The summed E-state index contributed by atoms with van der Waals surface area (Å²) in [5.74, 6) is 0.457. The predicted octanol–water partition coefficient (Wildman–Crippen LogP) is 3.13. The fourth-order valence-electron chi connectivity index (χ4n) is 2.72. The minimum atomic E-state index is -3.26. The minimum Gasteiger partial charge on any atom is -0.324 e. The van der Waals surface area contributed by atoms with Gasteiger partial charge >= 0.3 is 6.03 Å². The molecule has 1 heterocycles. The summed E-state index contributed by atoms with van der Waals surface area (Å²) in [4.78, 5) is 14.1. The number of carbonyl (C=O) groups is 1. The summed E-state index contributed by atoms with van der Waals surface area (Å²) in [5, 5.41) is 2.47. The molecule has 0 atom stereocenters. The number of hydrogen-bond acceptors (Lipinski definition) is 3. The molecule has 140 valence electrons. The zero-order valence-electron chi connectivity index (χ0n) is 15.5. The lowest BCUT2D eigenvalue weighted by Crippen LogP contribution is -2.48. The van der Waals surface area contributed by atoms with Crippen LogP contribution in [0.15, 0.2) is 24.3 Å². The molecule has 0 bridgehead atoms. The van der Waals surface area contributed by atoms with Crippen molar-refractivity contribution in [3.8, 4) is 0 Å². The zero-order chi connectivity index (χ0) is 18.6. The van der Waals surface area contributed by atoms with Gasteiger partial charge in [-0.25, -0.2) is 17.9 Å². The number of benzene rings is 1. The average molecular weight is 368 g/mol. The van der Waals surface area contributed by atoms with E-state index in [1.807, 2.05) is 24.3 Å². The van der Waals surface area contributed by atoms with Gasteiger partial charge in [0.25, 0.3) is 0 Å². The van der Waals surface area contributed by atoms with E-state index in [2.05, 4.69) is 23.9 Å². The lowest BCUT2D eigenvalue weighted by atomic mass is 10.0. The van der Waals surface area contributed by atoms with Crippen LogP contribution in [-0.2, 0) is 10.0 Å². The molecule has 2 amide bonds. The van der Waals surface area contributed by atoms with E-state index in [1.165, 1.54) is 5.56 Å². The number of likely N-dealkylation sites (tertiary alicyclic amines) is 1. The highest BCUT2D eigenvalue weighted by molar-refractivity contribution is 7.90. The van der Waals surface area contributed by atoms with Crippen LogP contribution in [0.1, 0.15) is 52.0 Å². The van der Waals surface area contributed by atoms with E-state index in [-0.39, 0.29) is 12.1 Å². The van der Waals surface area contributed by atoms with Crippen LogP contribution in [0.3, 0.4) is 0 Å². The molecule has 7 heteroatoms. The Labute approximate surface area is 151 Å². The van der Waals surface area contributed by atoms with E-state index >= 15 is 0 Å². The van der Waals surface area contributed by atoms with E-state index in [0.717, 1.165) is 5.69 Å². The molecular weight excluding hydrogens is 338 g/mol. The fraction of sp³-hybridized carbons (Fsp3) is 0.611. The number of sulfonamides is 1. The van der Waals surface area contributed by atoms with E-state index in [4.69, 9.17) is 0 Å². The minimum absolute atomic E-state index is 0.0956. The first-order chi connectivity index (χ1) is 11.7. The standard InChI is InChI=1S/C18H29N3O3S/c1-13(2)15-5-7-16(8-6-15)19-18(22)21-11-9-17(10-12-21)20-25(23,24)14(3)4/h5-8,13-14,17,20H,9-12H2,1-4H3,(H,19,22). The molecule has 25 heavy (non-hydrogen) atoms. The summed E-state index contributed by atoms with van der Waals surface area (Å²) in [7, 11) is -3.26. The summed E-state index contributed by atoms with van der Waals surface area (Å²) in [6.07, 6.45) is 1.26. The number of amides is 2. The predicted molar refractivity (Wildman–Crippen MR) is 101 cm³/mol. The van der Waals surface area contributed by atoms with Crippen molar-refractivity contribution in [2.24, 2.45) is 0 Å². The maximum absolute atomic E-state index is 12.4. The van der Waals surface area contributed by atoms with E-state index in [0.29, 0.717) is 31.8 Å². The Morgan fingerprint density at radius 3 is 2.12 bits per heavy atom. The first kappa shape index (κ1) is 19.7. The van der Waals surface area contributed by atoms with Gasteiger partial charge < -0.3 is 10.2 Å². The summed E-state index contributed by atoms with van der Waals surface area (Å²) in [6, 6.07) is 7.64. The summed E-state index contributed by atoms with van der Waals surface area (Å²) in [5.41, 5.74) is 2.01. The molecule has 1 fully saturated rings. The van der Waals surface area contributed by atoms with E-state index in [1.54, 1.807) is 18.7 Å². The van der Waals surface area contributed by atoms with E-state index < -0.39 is 15.3 Å². The van der Waals surface area contributed by atoms with Gasteiger partial charge in [0.15, 0.2) is 0 Å². The molecule has 0 radical (unpaired) electrons. The van der Waals surface area contributed by atoms with Gasteiger partial charge in [0.1, 0.15) is 0 Å². The topological polar surface area (TPSA) is 78.5 Å². The smallest absolute Gasteiger partial charge is 0.321 e. The Hall–Kier alpha value is -1.60. The Morgan fingerprint density at radius 2 is 1.64 bits per heavy atom. The van der Waals surface area contributed by atoms with Gasteiger partial charge in [0, 0.05) is 24.8 Å². The number of anilines is 1. The van der Waals surface area contributed by atoms with Crippen molar-refractivity contribution in [2.45, 2.75) is 57.7 Å². The Morgan fingerprint density at radius 1 is 1.08 bits per heavy atom. The van der Waals surface area contributed by atoms with Crippen molar-refractivity contribution < 1.29 is 13.2 Å². The Kier molecular flexibility index (Phi) is 6.46. The largest absolute Gasteiger partial charge is 0.324 e. The number of urea groups is 1. The maximum Gasteiger partial charge on any atom is 0.321 e. The molecule has 2 rings (SSSR count). The average Bonchev–Trinajstić information content (AvgIpc) is 2.55. The number of hydrogen-bond donors (Lipinski definition) is 2. The van der Waals surface area contributed by atoms with Crippen LogP contribution >= 0.6 is 0 Å². The number of piperidine rings is 1. The van der Waals surface area contributed by atoms with Crippen LogP contribution in [0, 0.1) is 0 Å². The number of carbonyl (C=O) groups excluding carboxylic acids is 1. The second-order valence-corrected chi connectivity index (χ2v) is 9.45. The second kappa shape index (κ2) is 8.19. The van der Waals surface area contributed by atoms with Crippen LogP contribution in [0.4, 0.5) is 10.5 Å². The number of nitrogens with zero attached hydrogens (tertiary/aromatic N) is 1. The zero-order valence-corrected chi connectivity index (χ0v) is 16.3. The molecule has 0 saturated carbocycles. The molecule has 1 saturated heterocycles. The van der Waals surface area contributed by atoms with Crippen molar-refractivity contribution >= 4 is 21.7 Å². The third-order valence-corrected chi connectivity index (χ3v) is 6.47. The van der Waals surface area contributed by atoms with Gasteiger partial charge in [0.2, 0.25) is 10.0 Å². The lowest BCUT2D eigenvalue weighted by Gasteiger charge is -2.32. The molecule has 0 unspecified atom stereocenters. The first-order valence-corrected chi connectivity index (χ1v) is 10.4. The second-order valence-electron chi connectivity index (χ2n) is 7.18. The monoisotopic (exact) mass is 367 g/mol. The van der Waals surface area contributed by atoms with E-state index in [9.17, 15) is 13.2 Å². The van der Waals surface area contributed by atoms with Gasteiger partial charge in [0.05, 0.1) is 5.25 Å². The van der Waals surface area contributed by atoms with Gasteiger partial charge in [-0.2, -0.15) is 0 Å². The molecule has 1 aromatic carbocycles.